The number of nitrogens with zero attached hydrogens (tertiary/aromatic N) is 3. The summed E-state index contributed by atoms with van der Waals surface area (Å²) in [5.41, 5.74) is 6.29. The highest BCUT2D eigenvalue weighted by Gasteiger charge is 2.36. The molecule has 1 atom stereocenters. The van der Waals surface area contributed by atoms with Gasteiger partial charge in [0.05, 0.1) is 0 Å². The van der Waals surface area contributed by atoms with Crippen molar-refractivity contribution in [3.8, 4) is 0 Å². The standard InChI is InChI=1S/C17H23FN4O2/c18-14-4-1-3-13(11-14)12-20-7-9-21(10-8-20)16(23)15-5-2-6-22(15)17(19)24/h1,3-4,11,15H,2,5-10,12H2,(H2,19,24)/t15-/m1/s1. The first-order valence-electron chi connectivity index (χ1n) is 8.36. The van der Waals surface area contributed by atoms with Gasteiger partial charge in [0.2, 0.25) is 5.91 Å². The average Bonchev–Trinajstić information content (AvgIpc) is 3.05. The SMILES string of the molecule is NC(=O)N1CCC[C@@H]1C(=O)N1CCN(Cc2cccc(F)c2)CC1. The molecule has 2 N–H and O–H groups in total. The Morgan fingerprint density at radius 2 is 1.92 bits per heavy atom. The zero-order valence-corrected chi connectivity index (χ0v) is 13.7. The van der Waals surface area contributed by atoms with E-state index in [9.17, 15) is 14.0 Å². The second kappa shape index (κ2) is 7.17. The maximum Gasteiger partial charge on any atom is 0.315 e. The van der Waals surface area contributed by atoms with Crippen molar-refractivity contribution in [3.05, 3.63) is 35.6 Å². The van der Waals surface area contributed by atoms with Crippen LogP contribution in [0.4, 0.5) is 9.18 Å². The number of carbonyl (C=O) groups excluding carboxylic acids is 2. The van der Waals surface area contributed by atoms with Crippen LogP contribution in [0, 0.1) is 5.82 Å². The first-order chi connectivity index (χ1) is 11.5. The van der Waals surface area contributed by atoms with Crippen LogP contribution in [0.15, 0.2) is 24.3 Å². The van der Waals surface area contributed by atoms with Crippen LogP contribution in [-0.4, -0.2) is 65.4 Å². The van der Waals surface area contributed by atoms with Crippen LogP contribution in [0.1, 0.15) is 18.4 Å². The van der Waals surface area contributed by atoms with Gasteiger partial charge in [0, 0.05) is 39.3 Å². The molecule has 7 heteroatoms. The summed E-state index contributed by atoms with van der Waals surface area (Å²) in [5, 5.41) is 0. The highest BCUT2D eigenvalue weighted by Crippen LogP contribution is 2.20. The minimum absolute atomic E-state index is 0.00305. The lowest BCUT2D eigenvalue weighted by Gasteiger charge is -2.37. The van der Waals surface area contributed by atoms with Gasteiger partial charge in [0.15, 0.2) is 0 Å². The maximum absolute atomic E-state index is 13.3. The summed E-state index contributed by atoms with van der Waals surface area (Å²) in [6.07, 6.45) is 1.50. The predicted octanol–water partition coefficient (Wildman–Crippen LogP) is 1.01. The van der Waals surface area contributed by atoms with Crippen molar-refractivity contribution in [3.63, 3.8) is 0 Å². The molecule has 1 aromatic carbocycles. The lowest BCUT2D eigenvalue weighted by molar-refractivity contribution is -0.137. The summed E-state index contributed by atoms with van der Waals surface area (Å²) in [7, 11) is 0. The summed E-state index contributed by atoms with van der Waals surface area (Å²) in [4.78, 5) is 29.5. The zero-order valence-electron chi connectivity index (χ0n) is 13.7. The Balaban J connectivity index is 1.53. The number of primary amides is 1. The number of halogens is 1. The van der Waals surface area contributed by atoms with Crippen LogP contribution >= 0.6 is 0 Å². The van der Waals surface area contributed by atoms with Gasteiger partial charge < -0.3 is 15.5 Å². The van der Waals surface area contributed by atoms with Crippen molar-refractivity contribution in [2.45, 2.75) is 25.4 Å². The molecule has 1 aromatic rings. The Morgan fingerprint density at radius 3 is 2.58 bits per heavy atom. The Labute approximate surface area is 141 Å². The second-order valence-electron chi connectivity index (χ2n) is 6.42. The molecule has 0 bridgehead atoms. The van der Waals surface area contributed by atoms with E-state index in [1.807, 2.05) is 11.0 Å². The number of likely N-dealkylation sites (tertiary alicyclic amines) is 1. The number of amides is 3. The van der Waals surface area contributed by atoms with Crippen LogP contribution in [0.5, 0.6) is 0 Å². The van der Waals surface area contributed by atoms with Gasteiger partial charge in [-0.3, -0.25) is 9.69 Å². The third-order valence-electron chi connectivity index (χ3n) is 4.80. The van der Waals surface area contributed by atoms with E-state index in [4.69, 9.17) is 5.73 Å². The molecule has 0 aromatic heterocycles. The van der Waals surface area contributed by atoms with Crippen molar-refractivity contribution in [2.24, 2.45) is 5.73 Å². The minimum Gasteiger partial charge on any atom is -0.351 e. The quantitative estimate of drug-likeness (QED) is 0.897. The lowest BCUT2D eigenvalue weighted by atomic mass is 10.1. The number of urea groups is 1. The maximum atomic E-state index is 13.3. The first-order valence-corrected chi connectivity index (χ1v) is 8.36. The Bertz CT molecular complexity index is 616. The van der Waals surface area contributed by atoms with Gasteiger partial charge in [-0.05, 0) is 30.5 Å². The Hall–Kier alpha value is -2.15. The summed E-state index contributed by atoms with van der Waals surface area (Å²) in [5.74, 6) is -0.231. The van der Waals surface area contributed by atoms with Gasteiger partial charge in [-0.2, -0.15) is 0 Å². The molecular formula is C17H23FN4O2. The third-order valence-corrected chi connectivity index (χ3v) is 4.80. The molecule has 130 valence electrons. The van der Waals surface area contributed by atoms with Crippen molar-refractivity contribution >= 4 is 11.9 Å². The summed E-state index contributed by atoms with van der Waals surface area (Å²) in [6, 6.07) is 5.67. The van der Waals surface area contributed by atoms with Crippen LogP contribution < -0.4 is 5.73 Å². The van der Waals surface area contributed by atoms with Crippen molar-refractivity contribution < 1.29 is 14.0 Å². The first kappa shape index (κ1) is 16.7. The largest absolute Gasteiger partial charge is 0.351 e. The number of carbonyl (C=O) groups is 2. The van der Waals surface area contributed by atoms with E-state index in [-0.39, 0.29) is 11.7 Å². The molecule has 3 rings (SSSR count). The highest BCUT2D eigenvalue weighted by atomic mass is 19.1. The van der Waals surface area contributed by atoms with E-state index in [0.717, 1.165) is 25.1 Å². The van der Waals surface area contributed by atoms with Crippen LogP contribution in [0.25, 0.3) is 0 Å². The van der Waals surface area contributed by atoms with Gasteiger partial charge in [0.25, 0.3) is 0 Å². The Kier molecular flexibility index (Phi) is 4.99. The van der Waals surface area contributed by atoms with Gasteiger partial charge in [-0.15, -0.1) is 0 Å². The fraction of sp³-hybridized carbons (Fsp3) is 0.529. The molecule has 0 spiro atoms. The molecule has 3 amide bonds. The molecule has 0 saturated carbocycles. The van der Waals surface area contributed by atoms with E-state index < -0.39 is 12.1 Å². The van der Waals surface area contributed by atoms with Crippen LogP contribution in [-0.2, 0) is 11.3 Å². The van der Waals surface area contributed by atoms with Gasteiger partial charge >= 0.3 is 6.03 Å². The normalized spacial score (nSPS) is 22.0. The number of hydrogen-bond donors (Lipinski definition) is 1. The van der Waals surface area contributed by atoms with Gasteiger partial charge in [-0.25, -0.2) is 9.18 Å². The molecule has 2 heterocycles. The summed E-state index contributed by atoms with van der Waals surface area (Å²) < 4.78 is 13.3. The zero-order chi connectivity index (χ0) is 17.1. The van der Waals surface area contributed by atoms with Gasteiger partial charge in [-0.1, -0.05) is 12.1 Å². The smallest absolute Gasteiger partial charge is 0.315 e. The molecule has 2 fully saturated rings. The van der Waals surface area contributed by atoms with Crippen LogP contribution in [0.3, 0.4) is 0 Å². The second-order valence-corrected chi connectivity index (χ2v) is 6.42. The summed E-state index contributed by atoms with van der Waals surface area (Å²) in [6.45, 7) is 3.97. The fourth-order valence-corrected chi connectivity index (χ4v) is 3.52. The van der Waals surface area contributed by atoms with E-state index in [2.05, 4.69) is 4.90 Å². The molecular weight excluding hydrogens is 311 g/mol. The van der Waals surface area contributed by atoms with Crippen LogP contribution in [0.2, 0.25) is 0 Å². The molecule has 2 aliphatic rings. The van der Waals surface area contributed by atoms with Crippen molar-refractivity contribution in [1.82, 2.24) is 14.7 Å². The average molecular weight is 334 g/mol. The van der Waals surface area contributed by atoms with E-state index in [1.165, 1.54) is 11.0 Å². The highest BCUT2D eigenvalue weighted by molar-refractivity contribution is 5.87. The molecule has 0 aliphatic carbocycles. The van der Waals surface area contributed by atoms with Crippen molar-refractivity contribution in [2.75, 3.05) is 32.7 Å². The number of piperazine rings is 1. The summed E-state index contributed by atoms with van der Waals surface area (Å²) >= 11 is 0. The minimum atomic E-state index is -0.518. The predicted molar refractivity (Wildman–Crippen MR) is 87.6 cm³/mol. The van der Waals surface area contributed by atoms with Crippen molar-refractivity contribution in [1.29, 1.82) is 0 Å². The topological polar surface area (TPSA) is 69.9 Å². The number of hydrogen-bond acceptors (Lipinski definition) is 3. The molecule has 6 nitrogen and oxygen atoms in total. The molecule has 24 heavy (non-hydrogen) atoms. The van der Waals surface area contributed by atoms with E-state index in [1.54, 1.807) is 12.1 Å². The van der Waals surface area contributed by atoms with E-state index in [0.29, 0.717) is 32.6 Å². The number of benzene rings is 1. The lowest BCUT2D eigenvalue weighted by Crippen LogP contribution is -2.54. The third kappa shape index (κ3) is 3.67. The monoisotopic (exact) mass is 334 g/mol. The van der Waals surface area contributed by atoms with Gasteiger partial charge in [0.1, 0.15) is 11.9 Å². The molecule has 2 aliphatic heterocycles. The fourth-order valence-electron chi connectivity index (χ4n) is 3.52. The molecule has 0 unspecified atom stereocenters. The van der Waals surface area contributed by atoms with E-state index >= 15 is 0 Å². The molecule has 2 saturated heterocycles. The number of rotatable bonds is 3. The molecule has 0 radical (unpaired) electrons. The Morgan fingerprint density at radius 1 is 1.17 bits per heavy atom. The number of nitrogens with two attached hydrogens (primary N) is 1.